The van der Waals surface area contributed by atoms with Crippen molar-refractivity contribution in [2.24, 2.45) is 4.99 Å². The van der Waals surface area contributed by atoms with Crippen molar-refractivity contribution in [2.45, 2.75) is 19.4 Å². The number of aliphatic hydroxyl groups excluding tert-OH is 1. The number of guanidine groups is 1. The van der Waals surface area contributed by atoms with E-state index in [-0.39, 0.29) is 12.4 Å². The highest BCUT2D eigenvalue weighted by atomic mass is 35.5. The van der Waals surface area contributed by atoms with Crippen molar-refractivity contribution in [3.8, 4) is 0 Å². The zero-order valence-corrected chi connectivity index (χ0v) is 15.0. The van der Waals surface area contributed by atoms with Crippen LogP contribution in [-0.2, 0) is 6.42 Å². The van der Waals surface area contributed by atoms with Crippen molar-refractivity contribution < 1.29 is 9.50 Å². The summed E-state index contributed by atoms with van der Waals surface area (Å²) in [7, 11) is 0. The zero-order chi connectivity index (χ0) is 17.4. The minimum atomic E-state index is -0.679. The number of aliphatic imine (C=N–C) groups is 1. The van der Waals surface area contributed by atoms with E-state index in [1.807, 2.05) is 13.0 Å². The lowest BCUT2D eigenvalue weighted by Gasteiger charge is -2.12. The smallest absolute Gasteiger partial charge is 0.191 e. The van der Waals surface area contributed by atoms with Gasteiger partial charge in [0.15, 0.2) is 5.96 Å². The predicted octanol–water partition coefficient (Wildman–Crippen LogP) is 3.37. The van der Waals surface area contributed by atoms with Gasteiger partial charge in [0, 0.05) is 18.0 Å². The van der Waals surface area contributed by atoms with Crippen molar-refractivity contribution in [3.05, 3.63) is 57.0 Å². The number of nitrogens with one attached hydrogen (secondary N) is 2. The summed E-state index contributed by atoms with van der Waals surface area (Å²) in [6.07, 6.45) is 0.00631. The summed E-state index contributed by atoms with van der Waals surface area (Å²) in [6, 6.07) is 10.1. The van der Waals surface area contributed by atoms with Crippen molar-refractivity contribution >= 4 is 28.9 Å². The van der Waals surface area contributed by atoms with Crippen LogP contribution in [0.3, 0.4) is 0 Å². The fraction of sp³-hybridized carbons (Fsp3) is 0.353. The van der Waals surface area contributed by atoms with E-state index in [1.165, 1.54) is 23.5 Å². The number of halogens is 2. The molecule has 1 aromatic carbocycles. The molecule has 2 rings (SSSR count). The summed E-state index contributed by atoms with van der Waals surface area (Å²) >= 11 is 7.22. The molecule has 0 aliphatic heterocycles. The van der Waals surface area contributed by atoms with Crippen LogP contribution < -0.4 is 10.6 Å². The molecule has 0 saturated carbocycles. The zero-order valence-electron chi connectivity index (χ0n) is 13.4. The molecule has 130 valence electrons. The van der Waals surface area contributed by atoms with Crippen molar-refractivity contribution in [1.82, 2.24) is 10.6 Å². The summed E-state index contributed by atoms with van der Waals surface area (Å²) in [5.74, 6) is 0.390. The van der Waals surface area contributed by atoms with Crippen LogP contribution in [0.2, 0.25) is 4.34 Å². The molecule has 3 N–H and O–H groups in total. The topological polar surface area (TPSA) is 56.7 Å². The Labute approximate surface area is 150 Å². The Morgan fingerprint density at radius 1 is 1.33 bits per heavy atom. The van der Waals surface area contributed by atoms with E-state index in [1.54, 1.807) is 18.2 Å². The van der Waals surface area contributed by atoms with Crippen molar-refractivity contribution in [2.75, 3.05) is 19.6 Å². The molecule has 1 unspecified atom stereocenters. The molecule has 0 saturated heterocycles. The second-order valence-electron chi connectivity index (χ2n) is 5.18. The first-order chi connectivity index (χ1) is 11.6. The minimum Gasteiger partial charge on any atom is -0.386 e. The molecule has 1 heterocycles. The van der Waals surface area contributed by atoms with E-state index >= 15 is 0 Å². The van der Waals surface area contributed by atoms with E-state index in [0.29, 0.717) is 29.8 Å². The third-order valence-corrected chi connectivity index (χ3v) is 4.62. The molecule has 0 radical (unpaired) electrons. The molecule has 7 heteroatoms. The highest BCUT2D eigenvalue weighted by Crippen LogP contribution is 2.26. The van der Waals surface area contributed by atoms with Crippen LogP contribution in [0, 0.1) is 5.82 Å². The van der Waals surface area contributed by atoms with E-state index in [2.05, 4.69) is 15.6 Å². The molecule has 0 aliphatic carbocycles. The van der Waals surface area contributed by atoms with Gasteiger partial charge in [0.1, 0.15) is 11.9 Å². The Morgan fingerprint density at radius 3 is 2.83 bits per heavy atom. The van der Waals surface area contributed by atoms with Gasteiger partial charge in [-0.15, -0.1) is 11.3 Å². The Balaban J connectivity index is 1.86. The molecule has 0 spiro atoms. The van der Waals surface area contributed by atoms with Crippen LogP contribution in [0.15, 0.2) is 41.4 Å². The Morgan fingerprint density at radius 2 is 2.17 bits per heavy atom. The fourth-order valence-electron chi connectivity index (χ4n) is 2.13. The second-order valence-corrected chi connectivity index (χ2v) is 6.93. The predicted molar refractivity (Wildman–Crippen MR) is 98.4 cm³/mol. The second kappa shape index (κ2) is 9.61. The molecular weight excluding hydrogens is 349 g/mol. The van der Waals surface area contributed by atoms with Crippen LogP contribution in [0.1, 0.15) is 23.5 Å². The number of thiophene rings is 1. The maximum Gasteiger partial charge on any atom is 0.191 e. The number of benzene rings is 1. The SMILES string of the molecule is CCNC(=NCC(O)c1ccc(Cl)s1)NCCc1cccc(F)c1. The number of aliphatic hydroxyl groups is 1. The largest absolute Gasteiger partial charge is 0.386 e. The monoisotopic (exact) mass is 369 g/mol. The molecule has 1 atom stereocenters. The lowest BCUT2D eigenvalue weighted by atomic mass is 10.1. The van der Waals surface area contributed by atoms with Crippen LogP contribution in [-0.4, -0.2) is 30.7 Å². The Hall–Kier alpha value is -1.63. The van der Waals surface area contributed by atoms with Gasteiger partial charge < -0.3 is 15.7 Å². The van der Waals surface area contributed by atoms with Gasteiger partial charge in [-0.05, 0) is 43.2 Å². The van der Waals surface area contributed by atoms with Gasteiger partial charge in [-0.2, -0.15) is 0 Å². The molecule has 0 bridgehead atoms. The average molecular weight is 370 g/mol. The van der Waals surface area contributed by atoms with E-state index in [9.17, 15) is 9.50 Å². The molecule has 0 amide bonds. The summed E-state index contributed by atoms with van der Waals surface area (Å²) in [5, 5.41) is 16.4. The maximum absolute atomic E-state index is 13.2. The third kappa shape index (κ3) is 6.11. The molecule has 0 fully saturated rings. The normalized spacial score (nSPS) is 12.9. The highest BCUT2D eigenvalue weighted by molar-refractivity contribution is 7.16. The molecule has 24 heavy (non-hydrogen) atoms. The van der Waals surface area contributed by atoms with Gasteiger partial charge >= 0.3 is 0 Å². The molecule has 2 aromatic rings. The summed E-state index contributed by atoms with van der Waals surface area (Å²) < 4.78 is 13.8. The van der Waals surface area contributed by atoms with Crippen LogP contribution in [0.4, 0.5) is 4.39 Å². The highest BCUT2D eigenvalue weighted by Gasteiger charge is 2.10. The fourth-order valence-corrected chi connectivity index (χ4v) is 3.17. The van der Waals surface area contributed by atoms with Crippen LogP contribution in [0.5, 0.6) is 0 Å². The maximum atomic E-state index is 13.2. The van der Waals surface area contributed by atoms with Gasteiger partial charge in [-0.25, -0.2) is 4.39 Å². The lowest BCUT2D eigenvalue weighted by Crippen LogP contribution is -2.38. The Bertz CT molecular complexity index is 677. The van der Waals surface area contributed by atoms with Crippen LogP contribution in [0.25, 0.3) is 0 Å². The minimum absolute atomic E-state index is 0.231. The van der Waals surface area contributed by atoms with E-state index < -0.39 is 6.10 Å². The van der Waals surface area contributed by atoms with Gasteiger partial charge in [-0.3, -0.25) is 4.99 Å². The number of nitrogens with zero attached hydrogens (tertiary/aromatic N) is 1. The van der Waals surface area contributed by atoms with Crippen LogP contribution >= 0.6 is 22.9 Å². The lowest BCUT2D eigenvalue weighted by molar-refractivity contribution is 0.191. The standard InChI is InChI=1S/C17H21ClFN3OS/c1-2-20-17(21-9-8-12-4-3-5-13(19)10-12)22-11-14(23)15-6-7-16(18)24-15/h3-7,10,14,23H,2,8-9,11H2,1H3,(H2,20,21,22). The van der Waals surface area contributed by atoms with Gasteiger partial charge in [0.25, 0.3) is 0 Å². The first kappa shape index (κ1) is 18.7. The molecular formula is C17H21ClFN3OS. The third-order valence-electron chi connectivity index (χ3n) is 3.28. The summed E-state index contributed by atoms with van der Waals surface area (Å²) in [4.78, 5) is 5.17. The Kier molecular flexibility index (Phi) is 7.49. The molecule has 1 aromatic heterocycles. The van der Waals surface area contributed by atoms with Crippen molar-refractivity contribution in [3.63, 3.8) is 0 Å². The number of hydrogen-bond acceptors (Lipinski definition) is 3. The quantitative estimate of drug-likeness (QED) is 0.518. The molecule has 4 nitrogen and oxygen atoms in total. The van der Waals surface area contributed by atoms with E-state index in [0.717, 1.165) is 10.4 Å². The van der Waals surface area contributed by atoms with E-state index in [4.69, 9.17) is 11.6 Å². The first-order valence-corrected chi connectivity index (χ1v) is 8.98. The number of rotatable bonds is 7. The van der Waals surface area contributed by atoms with Gasteiger partial charge in [0.05, 0.1) is 10.9 Å². The summed E-state index contributed by atoms with van der Waals surface area (Å²) in [5.41, 5.74) is 0.923. The first-order valence-electron chi connectivity index (χ1n) is 7.78. The summed E-state index contributed by atoms with van der Waals surface area (Å²) in [6.45, 7) is 3.55. The average Bonchev–Trinajstić information content (AvgIpc) is 2.99. The van der Waals surface area contributed by atoms with Crippen molar-refractivity contribution in [1.29, 1.82) is 0 Å². The molecule has 0 aliphatic rings. The van der Waals surface area contributed by atoms with Gasteiger partial charge in [-0.1, -0.05) is 23.7 Å². The van der Waals surface area contributed by atoms with Gasteiger partial charge in [0.2, 0.25) is 0 Å². The number of hydrogen-bond donors (Lipinski definition) is 3.